The zero-order chi connectivity index (χ0) is 15.6. The summed E-state index contributed by atoms with van der Waals surface area (Å²) >= 11 is 0. The molecule has 1 aromatic carbocycles. The van der Waals surface area contributed by atoms with Crippen molar-refractivity contribution in [2.75, 3.05) is 0 Å². The van der Waals surface area contributed by atoms with Gasteiger partial charge in [0, 0.05) is 17.3 Å². The molecule has 116 valence electrons. The molecule has 0 amide bonds. The van der Waals surface area contributed by atoms with Crippen LogP contribution in [0, 0.1) is 6.92 Å². The molecule has 0 fully saturated rings. The van der Waals surface area contributed by atoms with E-state index < -0.39 is 5.79 Å². The Labute approximate surface area is 131 Å². The third-order valence-corrected chi connectivity index (χ3v) is 3.77. The minimum absolute atomic E-state index is 0.468. The van der Waals surface area contributed by atoms with E-state index in [4.69, 9.17) is 14.2 Å². The van der Waals surface area contributed by atoms with E-state index in [0.717, 1.165) is 28.1 Å². The second-order valence-corrected chi connectivity index (χ2v) is 5.93. The lowest BCUT2D eigenvalue weighted by atomic mass is 10.1. The van der Waals surface area contributed by atoms with Gasteiger partial charge in [-0.25, -0.2) is 0 Å². The molecule has 1 aliphatic heterocycles. The number of pyridine rings is 1. The normalized spacial score (nSPS) is 16.7. The van der Waals surface area contributed by atoms with Crippen LogP contribution in [0.4, 0.5) is 0 Å². The highest BCUT2D eigenvalue weighted by molar-refractivity contribution is 5.42. The predicted molar refractivity (Wildman–Crippen MR) is 83.4 cm³/mol. The monoisotopic (exact) mass is 299 g/mol. The fourth-order valence-electron chi connectivity index (χ4n) is 2.42. The van der Waals surface area contributed by atoms with Crippen molar-refractivity contribution in [1.29, 1.82) is 0 Å². The van der Waals surface area contributed by atoms with E-state index in [1.54, 1.807) is 0 Å². The molecule has 2 aromatic rings. The summed E-state index contributed by atoms with van der Waals surface area (Å²) in [7, 11) is 0. The van der Waals surface area contributed by atoms with Crippen molar-refractivity contribution in [3.63, 3.8) is 0 Å². The van der Waals surface area contributed by atoms with Crippen LogP contribution in [-0.4, -0.2) is 10.8 Å². The fraction of sp³-hybridized carbons (Fsp3) is 0.389. The van der Waals surface area contributed by atoms with Crippen molar-refractivity contribution in [2.45, 2.75) is 46.4 Å². The highest BCUT2D eigenvalue weighted by Gasteiger charge is 2.26. The molecule has 0 saturated carbocycles. The first kappa shape index (κ1) is 15.0. The molecule has 0 spiro atoms. The topological polar surface area (TPSA) is 40.6 Å². The molecule has 0 bridgehead atoms. The molecule has 1 aliphatic rings. The van der Waals surface area contributed by atoms with E-state index in [0.29, 0.717) is 19.8 Å². The Morgan fingerprint density at radius 1 is 1.14 bits per heavy atom. The fourth-order valence-corrected chi connectivity index (χ4v) is 2.42. The van der Waals surface area contributed by atoms with Crippen LogP contribution in [0.2, 0.25) is 0 Å². The molecule has 4 heteroatoms. The number of hydrogen-bond acceptors (Lipinski definition) is 4. The molecule has 0 aliphatic carbocycles. The van der Waals surface area contributed by atoms with Crippen molar-refractivity contribution in [2.24, 2.45) is 0 Å². The van der Waals surface area contributed by atoms with Crippen molar-refractivity contribution in [3.05, 3.63) is 58.9 Å². The van der Waals surface area contributed by atoms with Crippen molar-refractivity contribution < 1.29 is 14.2 Å². The van der Waals surface area contributed by atoms with E-state index in [1.807, 2.05) is 57.3 Å². The molecule has 0 atom stereocenters. The first-order valence-corrected chi connectivity index (χ1v) is 7.47. The summed E-state index contributed by atoms with van der Waals surface area (Å²) in [5.74, 6) is 0.214. The van der Waals surface area contributed by atoms with Crippen LogP contribution >= 0.6 is 0 Å². The van der Waals surface area contributed by atoms with Crippen LogP contribution < -0.4 is 4.74 Å². The average Bonchev–Trinajstić information content (AvgIpc) is 2.66. The third kappa shape index (κ3) is 3.29. The van der Waals surface area contributed by atoms with Crippen LogP contribution in [0.1, 0.15) is 36.2 Å². The molecular formula is C18H21NO3. The van der Waals surface area contributed by atoms with Crippen LogP contribution in [0.3, 0.4) is 0 Å². The molecule has 0 N–H and O–H groups in total. The number of aryl methyl sites for hydroxylation is 1. The summed E-state index contributed by atoms with van der Waals surface area (Å²) < 4.78 is 17.6. The van der Waals surface area contributed by atoms with Gasteiger partial charge in [0.05, 0.1) is 18.9 Å². The number of nitrogens with zero attached hydrogens (tertiary/aromatic N) is 1. The number of rotatable bonds is 3. The molecule has 2 heterocycles. The lowest BCUT2D eigenvalue weighted by Crippen LogP contribution is -2.25. The van der Waals surface area contributed by atoms with Crippen LogP contribution in [-0.2, 0) is 29.3 Å². The smallest absolute Gasteiger partial charge is 0.163 e. The maximum Gasteiger partial charge on any atom is 0.163 e. The Morgan fingerprint density at radius 3 is 2.64 bits per heavy atom. The lowest BCUT2D eigenvalue weighted by molar-refractivity contribution is -0.219. The lowest BCUT2D eigenvalue weighted by Gasteiger charge is -2.22. The number of fused-ring (bicyclic) bond motifs is 1. The molecule has 0 saturated heterocycles. The predicted octanol–water partition coefficient (Wildman–Crippen LogP) is 3.75. The summed E-state index contributed by atoms with van der Waals surface area (Å²) in [5.41, 5.74) is 4.07. The van der Waals surface area contributed by atoms with Gasteiger partial charge in [-0.1, -0.05) is 30.3 Å². The largest absolute Gasteiger partial charge is 0.487 e. The highest BCUT2D eigenvalue weighted by atomic mass is 16.7. The van der Waals surface area contributed by atoms with Gasteiger partial charge in [0.1, 0.15) is 12.4 Å². The van der Waals surface area contributed by atoms with Crippen molar-refractivity contribution >= 4 is 0 Å². The summed E-state index contributed by atoms with van der Waals surface area (Å²) in [6, 6.07) is 10.1. The Hall–Kier alpha value is -1.91. The summed E-state index contributed by atoms with van der Waals surface area (Å²) in [6.45, 7) is 7.27. The summed E-state index contributed by atoms with van der Waals surface area (Å²) in [6.07, 6.45) is 1.85. The maximum atomic E-state index is 6.05. The Bertz CT molecular complexity index is 653. The number of aromatic nitrogens is 1. The second-order valence-electron chi connectivity index (χ2n) is 5.93. The molecule has 22 heavy (non-hydrogen) atoms. The van der Waals surface area contributed by atoms with Crippen LogP contribution in [0.25, 0.3) is 0 Å². The van der Waals surface area contributed by atoms with Gasteiger partial charge in [0.2, 0.25) is 0 Å². The Balaban J connectivity index is 1.85. The van der Waals surface area contributed by atoms with Gasteiger partial charge in [0.25, 0.3) is 0 Å². The van der Waals surface area contributed by atoms with E-state index in [9.17, 15) is 0 Å². The van der Waals surface area contributed by atoms with Crippen LogP contribution in [0.5, 0.6) is 5.75 Å². The number of hydrogen-bond donors (Lipinski definition) is 0. The standard InChI is InChI=1S/C18H21NO3/c1-13-17(20-10-14-7-5-4-6-8-14)16-12-22-18(2,3)21-11-15(16)9-19-13/h4-9H,10-12H2,1-3H3. The first-order chi connectivity index (χ1) is 10.6. The number of ether oxygens (including phenoxy) is 3. The maximum absolute atomic E-state index is 6.05. The van der Waals surface area contributed by atoms with Gasteiger partial charge in [-0.2, -0.15) is 0 Å². The zero-order valence-electron chi connectivity index (χ0n) is 13.3. The average molecular weight is 299 g/mol. The molecule has 0 unspecified atom stereocenters. The quantitative estimate of drug-likeness (QED) is 0.865. The van der Waals surface area contributed by atoms with E-state index in [1.165, 1.54) is 0 Å². The van der Waals surface area contributed by atoms with E-state index in [2.05, 4.69) is 4.98 Å². The minimum Gasteiger partial charge on any atom is -0.487 e. The minimum atomic E-state index is -0.594. The Morgan fingerprint density at radius 2 is 1.86 bits per heavy atom. The summed E-state index contributed by atoms with van der Waals surface area (Å²) in [4.78, 5) is 4.43. The molecular weight excluding hydrogens is 278 g/mol. The van der Waals surface area contributed by atoms with Crippen molar-refractivity contribution in [3.8, 4) is 5.75 Å². The van der Waals surface area contributed by atoms with Gasteiger partial charge in [0.15, 0.2) is 5.79 Å². The third-order valence-electron chi connectivity index (χ3n) is 3.77. The highest BCUT2D eigenvalue weighted by Crippen LogP contribution is 2.32. The van der Waals surface area contributed by atoms with Gasteiger partial charge in [-0.15, -0.1) is 0 Å². The van der Waals surface area contributed by atoms with Gasteiger partial charge in [-0.05, 0) is 26.3 Å². The molecule has 1 aromatic heterocycles. The van der Waals surface area contributed by atoms with Gasteiger partial charge >= 0.3 is 0 Å². The molecule has 4 nitrogen and oxygen atoms in total. The molecule has 0 radical (unpaired) electrons. The van der Waals surface area contributed by atoms with Gasteiger partial charge in [-0.3, -0.25) is 4.98 Å². The van der Waals surface area contributed by atoms with Crippen LogP contribution in [0.15, 0.2) is 36.5 Å². The van der Waals surface area contributed by atoms with Crippen molar-refractivity contribution in [1.82, 2.24) is 4.98 Å². The van der Waals surface area contributed by atoms with E-state index in [-0.39, 0.29) is 0 Å². The molecule has 3 rings (SSSR count). The second kappa shape index (κ2) is 6.07. The van der Waals surface area contributed by atoms with E-state index >= 15 is 0 Å². The van der Waals surface area contributed by atoms with Gasteiger partial charge < -0.3 is 14.2 Å². The zero-order valence-corrected chi connectivity index (χ0v) is 13.3. The SMILES string of the molecule is Cc1ncc2c(c1OCc1ccccc1)COC(C)(C)OC2. The summed E-state index contributed by atoms with van der Waals surface area (Å²) in [5, 5.41) is 0. The number of benzene rings is 1. The Kier molecular flexibility index (Phi) is 4.14. The first-order valence-electron chi connectivity index (χ1n) is 7.47.